The molecule has 0 bridgehead atoms. The summed E-state index contributed by atoms with van der Waals surface area (Å²) in [7, 11) is 6.04. The number of nitrogens with one attached hydrogen (secondary N) is 2. The zero-order chi connectivity index (χ0) is 28.2. The minimum absolute atomic E-state index is 0.0208. The highest BCUT2D eigenvalue weighted by Gasteiger charge is 2.19. The van der Waals surface area contributed by atoms with E-state index in [0.717, 1.165) is 48.5 Å². The molecule has 1 saturated heterocycles. The first kappa shape index (κ1) is 28.0. The summed E-state index contributed by atoms with van der Waals surface area (Å²) in [4.78, 5) is 28.6. The molecule has 2 N–H and O–H groups in total. The number of nitrogens with zero attached hydrogens (tertiary/aromatic N) is 6. The number of anilines is 3. The van der Waals surface area contributed by atoms with Gasteiger partial charge in [0.1, 0.15) is 0 Å². The van der Waals surface area contributed by atoms with Crippen LogP contribution in [-0.4, -0.2) is 89.6 Å². The number of aromatic nitrogens is 4. The van der Waals surface area contributed by atoms with Crippen LogP contribution in [0, 0.1) is 0 Å². The molecule has 3 heterocycles. The van der Waals surface area contributed by atoms with Crippen molar-refractivity contribution < 1.29 is 4.79 Å². The van der Waals surface area contributed by atoms with Crippen molar-refractivity contribution >= 4 is 57.3 Å². The molecule has 0 amide bonds. The molecule has 0 aliphatic carbocycles. The molecule has 5 rings (SSSR count). The number of ketones is 1. The van der Waals surface area contributed by atoms with Gasteiger partial charge in [0, 0.05) is 50.4 Å². The third kappa shape index (κ3) is 6.62. The lowest BCUT2D eigenvalue weighted by molar-refractivity contribution is -0.114. The van der Waals surface area contributed by atoms with Gasteiger partial charge >= 0.3 is 0 Å². The predicted molar refractivity (Wildman–Crippen MR) is 163 cm³/mol. The van der Waals surface area contributed by atoms with Crippen LogP contribution in [0.15, 0.2) is 54.7 Å². The summed E-state index contributed by atoms with van der Waals surface area (Å²) >= 11 is 13.2. The Hall–Kier alpha value is -3.50. The van der Waals surface area contributed by atoms with Gasteiger partial charge in [0.2, 0.25) is 5.95 Å². The number of benzene rings is 2. The number of fused-ring (bicyclic) bond motifs is 1. The Labute approximate surface area is 243 Å². The second-order valence-corrected chi connectivity index (χ2v) is 11.0. The highest BCUT2D eigenvalue weighted by Crippen LogP contribution is 2.34. The van der Waals surface area contributed by atoms with Gasteiger partial charge in [0.25, 0.3) is 0 Å². The number of halogens is 2. The molecule has 2 aromatic carbocycles. The molecule has 4 aromatic rings. The standard InChI is InChI=1S/C29H32Cl2N8O/c1-37(2)10-4-5-21(40)15-19-6-8-24(30)22(16-19)27-23-18-32-36-28(23)35-29(34-27)33-20-7-9-25(31)26(17-20)39-13-11-38(3)12-14-39/h4-9,16-18H,10-15H2,1-3H3,(H2,32,33,34,35,36)/b5-4+. The molecule has 208 valence electrons. The summed E-state index contributed by atoms with van der Waals surface area (Å²) < 4.78 is 0. The van der Waals surface area contributed by atoms with Crippen LogP contribution in [0.2, 0.25) is 10.0 Å². The van der Waals surface area contributed by atoms with Crippen LogP contribution in [0.4, 0.5) is 17.3 Å². The monoisotopic (exact) mass is 578 g/mol. The number of likely N-dealkylation sites (N-methyl/N-ethyl adjacent to an activating group) is 2. The first-order valence-corrected chi connectivity index (χ1v) is 13.9. The van der Waals surface area contributed by atoms with Crippen LogP contribution in [0.3, 0.4) is 0 Å². The van der Waals surface area contributed by atoms with Crippen LogP contribution in [0.1, 0.15) is 5.56 Å². The molecule has 11 heteroatoms. The fraction of sp³-hybridized carbons (Fsp3) is 0.310. The molecular weight excluding hydrogens is 547 g/mol. The molecule has 9 nitrogen and oxygen atoms in total. The largest absolute Gasteiger partial charge is 0.368 e. The van der Waals surface area contributed by atoms with E-state index in [-0.39, 0.29) is 12.2 Å². The van der Waals surface area contributed by atoms with Crippen molar-refractivity contribution in [2.45, 2.75) is 6.42 Å². The Balaban J connectivity index is 1.44. The van der Waals surface area contributed by atoms with E-state index in [1.807, 2.05) is 55.4 Å². The minimum Gasteiger partial charge on any atom is -0.368 e. The molecule has 0 spiro atoms. The predicted octanol–water partition coefficient (Wildman–Crippen LogP) is 5.05. The van der Waals surface area contributed by atoms with E-state index < -0.39 is 0 Å². The van der Waals surface area contributed by atoms with Gasteiger partial charge in [0.15, 0.2) is 11.4 Å². The topological polar surface area (TPSA) is 93.3 Å². The summed E-state index contributed by atoms with van der Waals surface area (Å²) in [5, 5.41) is 12.4. The van der Waals surface area contributed by atoms with Crippen molar-refractivity contribution in [2.24, 2.45) is 0 Å². The van der Waals surface area contributed by atoms with Gasteiger partial charge in [-0.25, -0.2) is 4.98 Å². The summed E-state index contributed by atoms with van der Waals surface area (Å²) in [6.07, 6.45) is 5.43. The normalized spacial score (nSPS) is 14.5. The van der Waals surface area contributed by atoms with Crippen LogP contribution in [-0.2, 0) is 11.2 Å². The summed E-state index contributed by atoms with van der Waals surface area (Å²) in [5.74, 6) is 0.412. The first-order chi connectivity index (χ1) is 19.3. The molecule has 2 aromatic heterocycles. The third-order valence-corrected chi connectivity index (χ3v) is 7.44. The number of carbonyl (C=O) groups excluding carboxylic acids is 1. The maximum absolute atomic E-state index is 12.5. The van der Waals surface area contributed by atoms with Gasteiger partial charge < -0.3 is 20.0 Å². The van der Waals surface area contributed by atoms with Crippen LogP contribution >= 0.6 is 23.2 Å². The minimum atomic E-state index is 0.0208. The molecule has 1 aliphatic heterocycles. The number of H-pyrrole nitrogens is 1. The number of piperazine rings is 1. The van der Waals surface area contributed by atoms with E-state index in [0.29, 0.717) is 39.4 Å². The zero-order valence-electron chi connectivity index (χ0n) is 22.8. The summed E-state index contributed by atoms with van der Waals surface area (Å²) in [5.41, 5.74) is 4.54. The number of hydrogen-bond donors (Lipinski definition) is 2. The van der Waals surface area contributed by atoms with Gasteiger partial charge in [0.05, 0.1) is 33.0 Å². The van der Waals surface area contributed by atoms with Crippen LogP contribution in [0.25, 0.3) is 22.3 Å². The highest BCUT2D eigenvalue weighted by atomic mass is 35.5. The molecule has 1 aliphatic rings. The SMILES string of the molecule is CN(C)C/C=C/C(=O)Cc1ccc(Cl)c(-c2nc(Nc3ccc(Cl)c(N4CCN(C)CC4)c3)nc3[nH]ncc23)c1. The average Bonchev–Trinajstić information content (AvgIpc) is 3.40. The van der Waals surface area contributed by atoms with Crippen molar-refractivity contribution in [3.8, 4) is 11.3 Å². The Morgan fingerprint density at radius 1 is 1.07 bits per heavy atom. The lowest BCUT2D eigenvalue weighted by Gasteiger charge is -2.34. The van der Waals surface area contributed by atoms with Gasteiger partial charge in [-0.05, 0) is 63.1 Å². The Morgan fingerprint density at radius 3 is 2.62 bits per heavy atom. The van der Waals surface area contributed by atoms with Gasteiger partial charge in [-0.3, -0.25) is 9.89 Å². The van der Waals surface area contributed by atoms with Gasteiger partial charge in [-0.2, -0.15) is 10.1 Å². The lowest BCUT2D eigenvalue weighted by atomic mass is 10.0. The van der Waals surface area contributed by atoms with Gasteiger partial charge in [-0.15, -0.1) is 0 Å². The second kappa shape index (κ2) is 12.3. The van der Waals surface area contributed by atoms with E-state index in [1.165, 1.54) is 0 Å². The van der Waals surface area contributed by atoms with Crippen molar-refractivity contribution in [3.05, 3.63) is 70.4 Å². The second-order valence-electron chi connectivity index (χ2n) is 10.2. The van der Waals surface area contributed by atoms with E-state index in [2.05, 4.69) is 37.3 Å². The fourth-order valence-electron chi connectivity index (χ4n) is 4.62. The quantitative estimate of drug-likeness (QED) is 0.266. The molecule has 1 fully saturated rings. The molecular formula is C29H32Cl2N8O. The number of aromatic amines is 1. The van der Waals surface area contributed by atoms with Crippen molar-refractivity contribution in [1.29, 1.82) is 0 Å². The fourth-order valence-corrected chi connectivity index (χ4v) is 5.07. The maximum Gasteiger partial charge on any atom is 0.229 e. The Morgan fingerprint density at radius 2 is 1.85 bits per heavy atom. The third-order valence-electron chi connectivity index (χ3n) is 6.79. The maximum atomic E-state index is 12.5. The van der Waals surface area contributed by atoms with E-state index in [4.69, 9.17) is 28.2 Å². The number of hydrogen-bond acceptors (Lipinski definition) is 8. The van der Waals surface area contributed by atoms with Crippen molar-refractivity contribution in [1.82, 2.24) is 30.0 Å². The smallest absolute Gasteiger partial charge is 0.229 e. The Bertz CT molecular complexity index is 1540. The van der Waals surface area contributed by atoms with Crippen LogP contribution in [0.5, 0.6) is 0 Å². The lowest BCUT2D eigenvalue weighted by Crippen LogP contribution is -2.44. The van der Waals surface area contributed by atoms with E-state index in [9.17, 15) is 4.79 Å². The molecule has 40 heavy (non-hydrogen) atoms. The van der Waals surface area contributed by atoms with Crippen LogP contribution < -0.4 is 10.2 Å². The summed E-state index contributed by atoms with van der Waals surface area (Å²) in [6.45, 7) is 4.48. The molecule has 0 radical (unpaired) electrons. The Kier molecular flexibility index (Phi) is 8.66. The first-order valence-electron chi connectivity index (χ1n) is 13.1. The number of rotatable bonds is 9. The zero-order valence-corrected chi connectivity index (χ0v) is 24.3. The van der Waals surface area contributed by atoms with Crippen molar-refractivity contribution in [2.75, 3.05) is 64.1 Å². The molecule has 0 unspecified atom stereocenters. The summed E-state index contributed by atoms with van der Waals surface area (Å²) in [6, 6.07) is 11.4. The average molecular weight is 580 g/mol. The molecule has 0 saturated carbocycles. The highest BCUT2D eigenvalue weighted by molar-refractivity contribution is 6.34. The molecule has 0 atom stereocenters. The van der Waals surface area contributed by atoms with Gasteiger partial charge in [-0.1, -0.05) is 35.3 Å². The van der Waals surface area contributed by atoms with E-state index >= 15 is 0 Å². The number of allylic oxidation sites excluding steroid dienone is 1. The number of carbonyl (C=O) groups is 1. The van der Waals surface area contributed by atoms with E-state index in [1.54, 1.807) is 18.3 Å². The van der Waals surface area contributed by atoms with Crippen molar-refractivity contribution in [3.63, 3.8) is 0 Å².